The highest BCUT2D eigenvalue weighted by atomic mass is 35.5. The molecule has 1 aromatic heterocycles. The van der Waals surface area contributed by atoms with Gasteiger partial charge in [-0.1, -0.05) is 23.7 Å². The monoisotopic (exact) mass is 282 g/mol. The molecule has 1 aromatic carbocycles. The second-order valence-corrected chi connectivity index (χ2v) is 4.27. The predicted octanol–water partition coefficient (Wildman–Crippen LogP) is 2.90. The van der Waals surface area contributed by atoms with Gasteiger partial charge in [-0.25, -0.2) is 9.18 Å². The van der Waals surface area contributed by atoms with E-state index in [4.69, 9.17) is 16.3 Å². The van der Waals surface area contributed by atoms with Gasteiger partial charge >= 0.3 is 5.97 Å². The number of nitrogens with zero attached hydrogens (tertiary/aromatic N) is 2. The third kappa shape index (κ3) is 3.12. The smallest absolute Gasteiger partial charge is 0.341 e. The fourth-order valence-electron chi connectivity index (χ4n) is 1.61. The number of ether oxygens (including phenoxy) is 1. The lowest BCUT2D eigenvalue weighted by Crippen LogP contribution is -2.04. The van der Waals surface area contributed by atoms with E-state index in [2.05, 4.69) is 5.10 Å². The van der Waals surface area contributed by atoms with Crippen LogP contribution in [0, 0.1) is 5.82 Å². The first kappa shape index (κ1) is 13.5. The van der Waals surface area contributed by atoms with Crippen LogP contribution in [0.25, 0.3) is 0 Å². The summed E-state index contributed by atoms with van der Waals surface area (Å²) in [5, 5.41) is 4.06. The molecule has 0 saturated carbocycles. The average Bonchev–Trinajstić information content (AvgIpc) is 2.84. The van der Waals surface area contributed by atoms with Crippen LogP contribution in [0.3, 0.4) is 0 Å². The Hall–Kier alpha value is -1.88. The molecule has 0 radical (unpaired) electrons. The van der Waals surface area contributed by atoms with Crippen molar-refractivity contribution in [2.75, 3.05) is 6.61 Å². The van der Waals surface area contributed by atoms with Gasteiger partial charge < -0.3 is 4.74 Å². The molecule has 2 aromatic rings. The molecule has 0 aliphatic carbocycles. The van der Waals surface area contributed by atoms with E-state index in [-0.39, 0.29) is 11.6 Å². The SMILES string of the molecule is CCOC(=O)c1cnn(Cc2cccc(Cl)c2F)c1. The molecule has 4 nitrogen and oxygen atoms in total. The molecule has 0 fully saturated rings. The van der Waals surface area contributed by atoms with Gasteiger partial charge in [0.05, 0.1) is 29.9 Å². The van der Waals surface area contributed by atoms with Gasteiger partial charge in [-0.15, -0.1) is 0 Å². The van der Waals surface area contributed by atoms with Crippen LogP contribution in [-0.2, 0) is 11.3 Å². The van der Waals surface area contributed by atoms with Gasteiger partial charge in [0.25, 0.3) is 0 Å². The minimum Gasteiger partial charge on any atom is -0.462 e. The van der Waals surface area contributed by atoms with Gasteiger partial charge in [0.1, 0.15) is 5.82 Å². The normalized spacial score (nSPS) is 10.5. The number of hydrogen-bond acceptors (Lipinski definition) is 3. The van der Waals surface area contributed by atoms with Gasteiger partial charge in [-0.2, -0.15) is 5.10 Å². The third-order valence-corrected chi connectivity index (χ3v) is 2.80. The molecule has 0 aliphatic heterocycles. The molecule has 0 unspecified atom stereocenters. The van der Waals surface area contributed by atoms with Crippen molar-refractivity contribution in [3.8, 4) is 0 Å². The van der Waals surface area contributed by atoms with Gasteiger partial charge in [0.2, 0.25) is 0 Å². The Morgan fingerprint density at radius 2 is 2.32 bits per heavy atom. The summed E-state index contributed by atoms with van der Waals surface area (Å²) >= 11 is 5.70. The van der Waals surface area contributed by atoms with E-state index in [1.807, 2.05) is 0 Å². The summed E-state index contributed by atoms with van der Waals surface area (Å²) < 4.78 is 20.0. The number of rotatable bonds is 4. The standard InChI is InChI=1S/C13H12ClFN2O2/c1-2-19-13(18)10-6-16-17(8-10)7-9-4-3-5-11(14)12(9)15/h3-6,8H,2,7H2,1H3. The number of halogens is 2. The number of hydrogen-bond donors (Lipinski definition) is 0. The third-order valence-electron chi connectivity index (χ3n) is 2.51. The number of benzene rings is 1. The van der Waals surface area contributed by atoms with Crippen molar-refractivity contribution in [2.45, 2.75) is 13.5 Å². The van der Waals surface area contributed by atoms with E-state index in [9.17, 15) is 9.18 Å². The summed E-state index contributed by atoms with van der Waals surface area (Å²) in [5.41, 5.74) is 0.746. The summed E-state index contributed by atoms with van der Waals surface area (Å²) in [7, 11) is 0. The van der Waals surface area contributed by atoms with Crippen molar-refractivity contribution in [2.24, 2.45) is 0 Å². The fourth-order valence-corrected chi connectivity index (χ4v) is 1.81. The van der Waals surface area contributed by atoms with Crippen molar-refractivity contribution in [1.82, 2.24) is 9.78 Å². The summed E-state index contributed by atoms with van der Waals surface area (Å²) in [5.74, 6) is -0.919. The lowest BCUT2D eigenvalue weighted by molar-refractivity contribution is 0.0526. The number of aromatic nitrogens is 2. The number of carbonyl (C=O) groups excluding carboxylic acids is 1. The van der Waals surface area contributed by atoms with Crippen LogP contribution < -0.4 is 0 Å². The highest BCUT2D eigenvalue weighted by Crippen LogP contribution is 2.18. The zero-order valence-electron chi connectivity index (χ0n) is 10.3. The maximum atomic E-state index is 13.7. The molecule has 6 heteroatoms. The quantitative estimate of drug-likeness (QED) is 0.810. The first-order valence-corrected chi connectivity index (χ1v) is 6.12. The molecule has 0 saturated heterocycles. The van der Waals surface area contributed by atoms with E-state index in [0.29, 0.717) is 17.7 Å². The van der Waals surface area contributed by atoms with Crippen LogP contribution in [0.1, 0.15) is 22.8 Å². The molecule has 0 N–H and O–H groups in total. The number of esters is 1. The maximum absolute atomic E-state index is 13.7. The second kappa shape index (κ2) is 5.84. The van der Waals surface area contributed by atoms with Crippen molar-refractivity contribution >= 4 is 17.6 Å². The summed E-state index contributed by atoms with van der Waals surface area (Å²) in [6.45, 7) is 2.22. The minimum atomic E-state index is -0.475. The van der Waals surface area contributed by atoms with Crippen molar-refractivity contribution < 1.29 is 13.9 Å². The first-order chi connectivity index (χ1) is 9.11. The fraction of sp³-hybridized carbons (Fsp3) is 0.231. The molecule has 19 heavy (non-hydrogen) atoms. The topological polar surface area (TPSA) is 44.1 Å². The highest BCUT2D eigenvalue weighted by Gasteiger charge is 2.11. The van der Waals surface area contributed by atoms with Crippen LogP contribution in [0.4, 0.5) is 4.39 Å². The second-order valence-electron chi connectivity index (χ2n) is 3.86. The first-order valence-electron chi connectivity index (χ1n) is 5.74. The molecular weight excluding hydrogens is 271 g/mol. The maximum Gasteiger partial charge on any atom is 0.341 e. The average molecular weight is 283 g/mol. The molecule has 100 valence electrons. The van der Waals surface area contributed by atoms with Gasteiger partial charge in [-0.05, 0) is 13.0 Å². The van der Waals surface area contributed by atoms with Gasteiger partial charge in [0, 0.05) is 11.8 Å². The molecular formula is C13H12ClFN2O2. The molecule has 0 spiro atoms. The van der Waals surface area contributed by atoms with Crippen molar-refractivity contribution in [1.29, 1.82) is 0 Å². The zero-order chi connectivity index (χ0) is 13.8. The van der Waals surface area contributed by atoms with E-state index < -0.39 is 11.8 Å². The Morgan fingerprint density at radius 3 is 3.05 bits per heavy atom. The molecule has 0 amide bonds. The van der Waals surface area contributed by atoms with E-state index in [1.165, 1.54) is 23.1 Å². The molecule has 0 atom stereocenters. The molecule has 0 bridgehead atoms. The molecule has 0 aliphatic rings. The number of carbonyl (C=O) groups is 1. The lowest BCUT2D eigenvalue weighted by Gasteiger charge is -2.04. The largest absolute Gasteiger partial charge is 0.462 e. The van der Waals surface area contributed by atoms with E-state index in [1.54, 1.807) is 19.1 Å². The van der Waals surface area contributed by atoms with Crippen LogP contribution in [0.2, 0.25) is 5.02 Å². The zero-order valence-corrected chi connectivity index (χ0v) is 11.0. The summed E-state index contributed by atoms with van der Waals surface area (Å²) in [4.78, 5) is 11.5. The van der Waals surface area contributed by atoms with Crippen LogP contribution in [-0.4, -0.2) is 22.4 Å². The lowest BCUT2D eigenvalue weighted by atomic mass is 10.2. The Morgan fingerprint density at radius 1 is 1.53 bits per heavy atom. The summed E-state index contributed by atoms with van der Waals surface area (Å²) in [6.07, 6.45) is 2.90. The van der Waals surface area contributed by atoms with Gasteiger partial charge in [0.15, 0.2) is 0 Å². The minimum absolute atomic E-state index is 0.0651. The van der Waals surface area contributed by atoms with Crippen LogP contribution in [0.5, 0.6) is 0 Å². The van der Waals surface area contributed by atoms with E-state index >= 15 is 0 Å². The van der Waals surface area contributed by atoms with Gasteiger partial charge in [-0.3, -0.25) is 4.68 Å². The highest BCUT2D eigenvalue weighted by molar-refractivity contribution is 6.30. The van der Waals surface area contributed by atoms with E-state index in [0.717, 1.165) is 0 Å². The van der Waals surface area contributed by atoms with Crippen molar-refractivity contribution in [3.05, 3.63) is 52.6 Å². The Balaban J connectivity index is 2.16. The summed E-state index contributed by atoms with van der Waals surface area (Å²) in [6, 6.07) is 4.76. The molecule has 1 heterocycles. The Bertz CT molecular complexity index is 598. The molecule has 2 rings (SSSR count). The van der Waals surface area contributed by atoms with Crippen LogP contribution in [0.15, 0.2) is 30.6 Å². The Labute approximate surface area is 114 Å². The van der Waals surface area contributed by atoms with Crippen molar-refractivity contribution in [3.63, 3.8) is 0 Å². The Kier molecular flexibility index (Phi) is 4.16. The van der Waals surface area contributed by atoms with Crippen LogP contribution >= 0.6 is 11.6 Å². The predicted molar refractivity (Wildman–Crippen MR) is 68.7 cm³/mol.